The van der Waals surface area contributed by atoms with E-state index in [9.17, 15) is 17.6 Å². The fourth-order valence-electron chi connectivity index (χ4n) is 4.29. The van der Waals surface area contributed by atoms with Gasteiger partial charge in [-0.1, -0.05) is 53.7 Å². The molecule has 1 amide bonds. The number of benzene rings is 3. The Hall–Kier alpha value is -4.09. The van der Waals surface area contributed by atoms with Crippen LogP contribution in [0.25, 0.3) is 0 Å². The quantitative estimate of drug-likeness (QED) is 0.297. The largest absolute Gasteiger partial charge is 0.366 e. The van der Waals surface area contributed by atoms with Crippen LogP contribution in [-0.2, 0) is 22.0 Å². The Balaban J connectivity index is 1.72. The molecular formula is C28H30FN5O4S. The van der Waals surface area contributed by atoms with Crippen LogP contribution in [0.15, 0.2) is 83.4 Å². The fraction of sp³-hybridized carbons (Fsp3) is 0.250. The molecule has 1 aromatic heterocycles. The van der Waals surface area contributed by atoms with E-state index in [2.05, 4.69) is 10.1 Å². The summed E-state index contributed by atoms with van der Waals surface area (Å²) in [5, 5.41) is 2.72. The highest BCUT2D eigenvalue weighted by Crippen LogP contribution is 2.37. The maximum absolute atomic E-state index is 14.1. The molecule has 0 bridgehead atoms. The van der Waals surface area contributed by atoms with Crippen molar-refractivity contribution in [3.05, 3.63) is 113 Å². The van der Waals surface area contributed by atoms with Crippen LogP contribution >= 0.6 is 0 Å². The fourth-order valence-corrected chi connectivity index (χ4v) is 5.95. The first-order chi connectivity index (χ1) is 18.4. The lowest BCUT2D eigenvalue weighted by molar-refractivity contribution is 0.1000. The van der Waals surface area contributed by atoms with E-state index in [0.29, 0.717) is 12.0 Å². The zero-order chi connectivity index (χ0) is 28.4. The Bertz CT molecular complexity index is 1560. The molecule has 39 heavy (non-hydrogen) atoms. The van der Waals surface area contributed by atoms with Gasteiger partial charge in [-0.2, -0.15) is 4.98 Å². The number of aromatic nitrogens is 2. The third kappa shape index (κ3) is 5.99. The minimum absolute atomic E-state index is 0.131. The monoisotopic (exact) mass is 551 g/mol. The summed E-state index contributed by atoms with van der Waals surface area (Å²) in [4.78, 5) is 16.2. The first kappa shape index (κ1) is 27.9. The van der Waals surface area contributed by atoms with Crippen LogP contribution in [-0.4, -0.2) is 24.5 Å². The third-order valence-corrected chi connectivity index (χ3v) is 8.70. The number of sulfonamides is 1. The van der Waals surface area contributed by atoms with Crippen LogP contribution < -0.4 is 15.8 Å². The van der Waals surface area contributed by atoms with Crippen molar-refractivity contribution in [2.24, 2.45) is 11.5 Å². The minimum atomic E-state index is -4.25. The van der Waals surface area contributed by atoms with Gasteiger partial charge >= 0.3 is 0 Å². The number of anilines is 1. The summed E-state index contributed by atoms with van der Waals surface area (Å²) < 4.78 is 48.4. The Morgan fingerprint density at radius 3 is 2.36 bits per heavy atom. The second-order valence-electron chi connectivity index (χ2n) is 9.66. The topological polar surface area (TPSA) is 145 Å². The number of nitrogens with two attached hydrogens (primary N) is 2. The SMILES string of the molecule is CC(c1nc([C@](C)(N)Cc2ccccc2)no1)S(=O)(=O)N(c1cccc(C(N)=O)c1)[C@H](C)c1ccc(F)cc1. The lowest BCUT2D eigenvalue weighted by Crippen LogP contribution is -2.37. The van der Waals surface area contributed by atoms with Crippen LogP contribution in [0.1, 0.15) is 65.3 Å². The molecule has 0 radical (unpaired) electrons. The van der Waals surface area contributed by atoms with Crippen molar-refractivity contribution in [2.45, 2.75) is 44.0 Å². The van der Waals surface area contributed by atoms with E-state index >= 15 is 0 Å². The van der Waals surface area contributed by atoms with E-state index in [1.807, 2.05) is 30.3 Å². The van der Waals surface area contributed by atoms with Crippen LogP contribution in [0.4, 0.5) is 10.1 Å². The lowest BCUT2D eigenvalue weighted by Gasteiger charge is -2.32. The Labute approximate surface area is 226 Å². The van der Waals surface area contributed by atoms with Crippen molar-refractivity contribution < 1.29 is 22.1 Å². The van der Waals surface area contributed by atoms with Crippen molar-refractivity contribution in [1.82, 2.24) is 10.1 Å². The van der Waals surface area contributed by atoms with Crippen molar-refractivity contribution in [3.63, 3.8) is 0 Å². The first-order valence-corrected chi connectivity index (χ1v) is 13.8. The summed E-state index contributed by atoms with van der Waals surface area (Å²) in [5.74, 6) is -1.14. The molecule has 4 aromatic rings. The van der Waals surface area contributed by atoms with Gasteiger partial charge in [0.2, 0.25) is 21.8 Å². The van der Waals surface area contributed by atoms with Gasteiger partial charge in [-0.15, -0.1) is 0 Å². The third-order valence-electron chi connectivity index (χ3n) is 6.52. The molecule has 1 heterocycles. The summed E-state index contributed by atoms with van der Waals surface area (Å²) in [5.41, 5.74) is 12.7. The smallest absolute Gasteiger partial charge is 0.248 e. The number of rotatable bonds is 10. The van der Waals surface area contributed by atoms with Gasteiger partial charge in [0.1, 0.15) is 5.82 Å². The number of hydrogen-bond acceptors (Lipinski definition) is 7. The average molecular weight is 552 g/mol. The number of carbonyl (C=O) groups excluding carboxylic acids is 1. The summed E-state index contributed by atoms with van der Waals surface area (Å²) in [6.45, 7) is 4.83. The molecule has 3 aromatic carbocycles. The van der Waals surface area contributed by atoms with Crippen molar-refractivity contribution in [1.29, 1.82) is 0 Å². The molecule has 3 atom stereocenters. The predicted molar refractivity (Wildman–Crippen MR) is 146 cm³/mol. The highest BCUT2D eigenvalue weighted by molar-refractivity contribution is 7.93. The van der Waals surface area contributed by atoms with Gasteiger partial charge in [0.05, 0.1) is 17.3 Å². The Morgan fingerprint density at radius 2 is 1.72 bits per heavy atom. The summed E-state index contributed by atoms with van der Waals surface area (Å²) in [7, 11) is -4.25. The lowest BCUT2D eigenvalue weighted by atomic mass is 9.93. The highest BCUT2D eigenvalue weighted by Gasteiger charge is 2.39. The minimum Gasteiger partial charge on any atom is -0.366 e. The second kappa shape index (κ2) is 11.0. The van der Waals surface area contributed by atoms with E-state index in [4.69, 9.17) is 16.0 Å². The molecular weight excluding hydrogens is 521 g/mol. The highest BCUT2D eigenvalue weighted by atomic mass is 32.2. The maximum atomic E-state index is 14.1. The van der Waals surface area contributed by atoms with Crippen LogP contribution in [0.2, 0.25) is 0 Å². The Kier molecular flexibility index (Phi) is 7.84. The standard InChI is InChI=1S/C28H30FN5O4S/c1-18(21-12-14-23(29)15-13-21)34(24-11-7-10-22(16-24)25(30)35)39(36,37)19(2)26-32-27(33-38-26)28(3,31)17-20-8-5-4-6-9-20/h4-16,18-19H,17,31H2,1-3H3,(H2,30,35)/t18-,19?,28-/m1/s1. The summed E-state index contributed by atoms with van der Waals surface area (Å²) >= 11 is 0. The van der Waals surface area contributed by atoms with Gasteiger partial charge in [-0.25, -0.2) is 12.8 Å². The van der Waals surface area contributed by atoms with Crippen LogP contribution in [0.3, 0.4) is 0 Å². The number of nitrogens with zero attached hydrogens (tertiary/aromatic N) is 3. The van der Waals surface area contributed by atoms with E-state index in [1.54, 1.807) is 19.9 Å². The number of primary amides is 1. The molecule has 0 saturated carbocycles. The second-order valence-corrected chi connectivity index (χ2v) is 11.8. The molecule has 0 saturated heterocycles. The van der Waals surface area contributed by atoms with Gasteiger partial charge in [-0.05, 0) is 68.7 Å². The first-order valence-electron chi connectivity index (χ1n) is 12.3. The Morgan fingerprint density at radius 1 is 1.05 bits per heavy atom. The zero-order valence-electron chi connectivity index (χ0n) is 21.8. The summed E-state index contributed by atoms with van der Waals surface area (Å²) in [6, 6.07) is 20.2. The van der Waals surface area contributed by atoms with E-state index in [0.717, 1.165) is 9.87 Å². The number of amides is 1. The molecule has 4 N–H and O–H groups in total. The molecule has 0 fully saturated rings. The van der Waals surface area contributed by atoms with Crippen LogP contribution in [0, 0.1) is 5.82 Å². The maximum Gasteiger partial charge on any atom is 0.248 e. The molecule has 0 spiro atoms. The number of carbonyl (C=O) groups is 1. The van der Waals surface area contributed by atoms with E-state index in [-0.39, 0.29) is 23.0 Å². The number of hydrogen-bond donors (Lipinski definition) is 2. The van der Waals surface area contributed by atoms with Crippen molar-refractivity contribution in [2.75, 3.05) is 4.31 Å². The van der Waals surface area contributed by atoms with Crippen LogP contribution in [0.5, 0.6) is 0 Å². The van der Waals surface area contributed by atoms with Crippen molar-refractivity contribution >= 4 is 21.6 Å². The van der Waals surface area contributed by atoms with E-state index < -0.39 is 38.6 Å². The predicted octanol–water partition coefficient (Wildman–Crippen LogP) is 4.38. The van der Waals surface area contributed by atoms with Gasteiger partial charge < -0.3 is 16.0 Å². The molecule has 204 valence electrons. The zero-order valence-corrected chi connectivity index (χ0v) is 22.6. The normalized spacial score (nSPS) is 14.8. The number of halogens is 1. The molecule has 0 aliphatic rings. The van der Waals surface area contributed by atoms with Gasteiger partial charge in [0, 0.05) is 5.56 Å². The van der Waals surface area contributed by atoms with E-state index in [1.165, 1.54) is 49.4 Å². The van der Waals surface area contributed by atoms with Crippen molar-refractivity contribution in [3.8, 4) is 0 Å². The molecule has 11 heteroatoms. The average Bonchev–Trinajstić information content (AvgIpc) is 3.40. The molecule has 0 aliphatic heterocycles. The summed E-state index contributed by atoms with van der Waals surface area (Å²) in [6.07, 6.45) is 0.404. The molecule has 9 nitrogen and oxygen atoms in total. The van der Waals surface area contributed by atoms with Gasteiger partial charge in [0.25, 0.3) is 0 Å². The molecule has 0 aliphatic carbocycles. The molecule has 1 unspecified atom stereocenters. The van der Waals surface area contributed by atoms with Gasteiger partial charge in [0.15, 0.2) is 11.1 Å². The molecule has 4 rings (SSSR count). The van der Waals surface area contributed by atoms with Gasteiger partial charge in [-0.3, -0.25) is 9.10 Å².